The zero-order chi connectivity index (χ0) is 12.0. The second kappa shape index (κ2) is 5.70. The van der Waals surface area contributed by atoms with E-state index in [9.17, 15) is 8.42 Å². The van der Waals surface area contributed by atoms with Crippen LogP contribution in [-0.2, 0) is 9.84 Å². The molecule has 0 aliphatic rings. The van der Waals surface area contributed by atoms with Gasteiger partial charge in [0.25, 0.3) is 0 Å². The quantitative estimate of drug-likeness (QED) is 0.776. The fraction of sp³-hybridized carbons (Fsp3) is 0.333. The maximum absolute atomic E-state index is 12.0. The second-order valence-electron chi connectivity index (χ2n) is 3.48. The standard InChI is InChI=1S/C12H17NO2S/c1-3-9-13-11-7-5-6-8-12(11)16(14,15)10-4-2/h3,5-8,13H,1,4,9-10H2,2H3. The number of sulfone groups is 1. The Morgan fingerprint density at radius 1 is 1.38 bits per heavy atom. The molecule has 0 saturated carbocycles. The molecule has 3 nitrogen and oxygen atoms in total. The molecule has 0 aliphatic heterocycles. The lowest BCUT2D eigenvalue weighted by molar-refractivity contribution is 0.595. The Balaban J connectivity index is 3.07. The van der Waals surface area contributed by atoms with E-state index in [1.54, 1.807) is 24.3 Å². The van der Waals surface area contributed by atoms with Gasteiger partial charge in [-0.15, -0.1) is 6.58 Å². The lowest BCUT2D eigenvalue weighted by Gasteiger charge is -2.10. The Morgan fingerprint density at radius 3 is 2.69 bits per heavy atom. The molecule has 1 N–H and O–H groups in total. The highest BCUT2D eigenvalue weighted by Gasteiger charge is 2.16. The highest BCUT2D eigenvalue weighted by molar-refractivity contribution is 7.91. The van der Waals surface area contributed by atoms with E-state index in [4.69, 9.17) is 0 Å². The smallest absolute Gasteiger partial charge is 0.180 e. The molecule has 0 aliphatic carbocycles. The molecule has 0 spiro atoms. The number of hydrogen-bond donors (Lipinski definition) is 1. The summed E-state index contributed by atoms with van der Waals surface area (Å²) in [5, 5.41) is 3.03. The number of rotatable bonds is 6. The van der Waals surface area contributed by atoms with E-state index in [1.807, 2.05) is 13.0 Å². The third-order valence-electron chi connectivity index (χ3n) is 2.13. The van der Waals surface area contributed by atoms with Crippen molar-refractivity contribution >= 4 is 15.5 Å². The molecule has 16 heavy (non-hydrogen) atoms. The molecule has 0 heterocycles. The van der Waals surface area contributed by atoms with Crippen LogP contribution in [0.4, 0.5) is 5.69 Å². The van der Waals surface area contributed by atoms with E-state index in [0.29, 0.717) is 23.5 Å². The van der Waals surface area contributed by atoms with E-state index >= 15 is 0 Å². The van der Waals surface area contributed by atoms with Crippen LogP contribution in [0, 0.1) is 0 Å². The van der Waals surface area contributed by atoms with Crippen LogP contribution in [-0.4, -0.2) is 20.7 Å². The normalized spacial score (nSPS) is 11.1. The molecular formula is C12H17NO2S. The summed E-state index contributed by atoms with van der Waals surface area (Å²) in [7, 11) is -3.17. The van der Waals surface area contributed by atoms with Crippen molar-refractivity contribution in [3.05, 3.63) is 36.9 Å². The minimum atomic E-state index is -3.17. The molecule has 4 heteroatoms. The van der Waals surface area contributed by atoms with Crippen molar-refractivity contribution in [1.82, 2.24) is 0 Å². The first kappa shape index (κ1) is 12.8. The van der Waals surface area contributed by atoms with Crippen molar-refractivity contribution in [1.29, 1.82) is 0 Å². The summed E-state index contributed by atoms with van der Waals surface area (Å²) < 4.78 is 23.9. The zero-order valence-electron chi connectivity index (χ0n) is 9.44. The molecular weight excluding hydrogens is 222 g/mol. The summed E-state index contributed by atoms with van der Waals surface area (Å²) in [6.07, 6.45) is 2.32. The average molecular weight is 239 g/mol. The Morgan fingerprint density at radius 2 is 2.06 bits per heavy atom. The molecule has 88 valence electrons. The molecule has 0 radical (unpaired) electrons. The fourth-order valence-corrected chi connectivity index (χ4v) is 2.96. The Bertz CT molecular complexity index is 452. The van der Waals surface area contributed by atoms with Gasteiger partial charge in [0.05, 0.1) is 16.3 Å². The lowest BCUT2D eigenvalue weighted by atomic mass is 10.3. The van der Waals surface area contributed by atoms with E-state index in [-0.39, 0.29) is 5.75 Å². The number of nitrogens with one attached hydrogen (secondary N) is 1. The van der Waals surface area contributed by atoms with E-state index in [2.05, 4.69) is 11.9 Å². The van der Waals surface area contributed by atoms with Crippen LogP contribution < -0.4 is 5.32 Å². The van der Waals surface area contributed by atoms with Gasteiger partial charge in [0.1, 0.15) is 0 Å². The van der Waals surface area contributed by atoms with Gasteiger partial charge < -0.3 is 5.32 Å². The van der Waals surface area contributed by atoms with E-state index in [0.717, 1.165) is 0 Å². The number of anilines is 1. The van der Waals surface area contributed by atoms with Gasteiger partial charge in [0, 0.05) is 6.54 Å². The van der Waals surface area contributed by atoms with Crippen molar-refractivity contribution in [2.24, 2.45) is 0 Å². The maximum atomic E-state index is 12.0. The zero-order valence-corrected chi connectivity index (χ0v) is 10.3. The predicted octanol–water partition coefficient (Wildman–Crippen LogP) is 2.47. The minimum absolute atomic E-state index is 0.180. The maximum Gasteiger partial charge on any atom is 0.180 e. The predicted molar refractivity (Wildman–Crippen MR) is 67.5 cm³/mol. The summed E-state index contributed by atoms with van der Waals surface area (Å²) in [5.74, 6) is 0.180. The number of hydrogen-bond acceptors (Lipinski definition) is 3. The SMILES string of the molecule is C=CCNc1ccccc1S(=O)(=O)CCC. The van der Waals surface area contributed by atoms with Crippen molar-refractivity contribution in [2.75, 3.05) is 17.6 Å². The highest BCUT2D eigenvalue weighted by Crippen LogP contribution is 2.22. The van der Waals surface area contributed by atoms with Gasteiger partial charge in [-0.3, -0.25) is 0 Å². The van der Waals surface area contributed by atoms with Gasteiger partial charge in [-0.1, -0.05) is 25.1 Å². The van der Waals surface area contributed by atoms with E-state index < -0.39 is 9.84 Å². The first-order valence-electron chi connectivity index (χ1n) is 5.28. The van der Waals surface area contributed by atoms with Crippen LogP contribution in [0.2, 0.25) is 0 Å². The highest BCUT2D eigenvalue weighted by atomic mass is 32.2. The first-order chi connectivity index (χ1) is 7.61. The summed E-state index contributed by atoms with van der Waals surface area (Å²) in [4.78, 5) is 0.374. The molecule has 0 fully saturated rings. The molecule has 1 aromatic carbocycles. The Labute approximate surface area is 97.1 Å². The van der Waals surface area contributed by atoms with Gasteiger partial charge in [-0.05, 0) is 18.6 Å². The minimum Gasteiger partial charge on any atom is -0.381 e. The third kappa shape index (κ3) is 3.10. The van der Waals surface area contributed by atoms with Crippen molar-refractivity contribution in [3.63, 3.8) is 0 Å². The molecule has 0 unspecified atom stereocenters. The van der Waals surface area contributed by atoms with Gasteiger partial charge in [0.2, 0.25) is 0 Å². The molecule has 0 atom stereocenters. The van der Waals surface area contributed by atoms with Crippen molar-refractivity contribution in [3.8, 4) is 0 Å². The lowest BCUT2D eigenvalue weighted by Crippen LogP contribution is -2.10. The van der Waals surface area contributed by atoms with Crippen LogP contribution in [0.1, 0.15) is 13.3 Å². The topological polar surface area (TPSA) is 46.2 Å². The Kier molecular flexibility index (Phi) is 4.55. The third-order valence-corrected chi connectivity index (χ3v) is 4.10. The summed E-state index contributed by atoms with van der Waals surface area (Å²) >= 11 is 0. The summed E-state index contributed by atoms with van der Waals surface area (Å²) in [5.41, 5.74) is 0.649. The van der Waals surface area contributed by atoms with Gasteiger partial charge >= 0.3 is 0 Å². The molecule has 0 aromatic heterocycles. The molecule has 1 rings (SSSR count). The molecule has 0 amide bonds. The first-order valence-corrected chi connectivity index (χ1v) is 6.93. The van der Waals surface area contributed by atoms with Gasteiger partial charge in [-0.2, -0.15) is 0 Å². The molecule has 0 saturated heterocycles. The number of para-hydroxylation sites is 1. The summed E-state index contributed by atoms with van der Waals surface area (Å²) in [6.45, 7) is 6.00. The largest absolute Gasteiger partial charge is 0.381 e. The fourth-order valence-electron chi connectivity index (χ4n) is 1.44. The Hall–Kier alpha value is -1.29. The molecule has 1 aromatic rings. The monoisotopic (exact) mass is 239 g/mol. The average Bonchev–Trinajstić information content (AvgIpc) is 2.26. The second-order valence-corrected chi connectivity index (χ2v) is 5.56. The van der Waals surface area contributed by atoms with Crippen LogP contribution in [0.15, 0.2) is 41.8 Å². The van der Waals surface area contributed by atoms with Gasteiger partial charge in [-0.25, -0.2) is 8.42 Å². The van der Waals surface area contributed by atoms with Gasteiger partial charge in [0.15, 0.2) is 9.84 Å². The number of benzene rings is 1. The van der Waals surface area contributed by atoms with Crippen molar-refractivity contribution < 1.29 is 8.42 Å². The van der Waals surface area contributed by atoms with Crippen LogP contribution in [0.25, 0.3) is 0 Å². The van der Waals surface area contributed by atoms with Crippen LogP contribution in [0.3, 0.4) is 0 Å². The van der Waals surface area contributed by atoms with Crippen LogP contribution in [0.5, 0.6) is 0 Å². The summed E-state index contributed by atoms with van der Waals surface area (Å²) in [6, 6.07) is 6.96. The van der Waals surface area contributed by atoms with E-state index in [1.165, 1.54) is 0 Å². The van der Waals surface area contributed by atoms with Crippen molar-refractivity contribution in [2.45, 2.75) is 18.2 Å². The molecule has 0 bridgehead atoms. The van der Waals surface area contributed by atoms with Crippen LogP contribution >= 0.6 is 0 Å².